The van der Waals surface area contributed by atoms with Gasteiger partial charge in [0.1, 0.15) is 47.9 Å². The van der Waals surface area contributed by atoms with Crippen LogP contribution in [-0.2, 0) is 23.9 Å². The van der Waals surface area contributed by atoms with Gasteiger partial charge in [0, 0.05) is 49.9 Å². The van der Waals surface area contributed by atoms with Gasteiger partial charge in [-0.1, -0.05) is 0 Å². The summed E-state index contributed by atoms with van der Waals surface area (Å²) in [5.74, 6) is -0.491. The summed E-state index contributed by atoms with van der Waals surface area (Å²) in [5.41, 5.74) is 12.5. The van der Waals surface area contributed by atoms with Crippen molar-refractivity contribution in [2.24, 2.45) is 11.5 Å². The number of ether oxygens (including phenoxy) is 5. The minimum absolute atomic E-state index is 0.0842. The number of rotatable bonds is 28. The molecule has 4 aromatic carbocycles. The molecule has 0 aliphatic heterocycles. The first-order valence-electron chi connectivity index (χ1n) is 20.8. The number of amides is 4. The Kier molecular flexibility index (Phi) is 20.9. The van der Waals surface area contributed by atoms with Crippen molar-refractivity contribution >= 4 is 47.2 Å². The predicted molar refractivity (Wildman–Crippen MR) is 239 cm³/mol. The molecule has 0 aliphatic carbocycles. The molecule has 0 spiro atoms. The van der Waals surface area contributed by atoms with Gasteiger partial charge in [0.2, 0.25) is 23.6 Å². The third-order valence-electron chi connectivity index (χ3n) is 9.07. The summed E-state index contributed by atoms with van der Waals surface area (Å²) < 4.78 is 27.4. The Balaban J connectivity index is 0.913. The van der Waals surface area contributed by atoms with E-state index in [4.69, 9.17) is 46.0 Å². The van der Waals surface area contributed by atoms with Gasteiger partial charge in [0.25, 0.3) is 0 Å². The summed E-state index contributed by atoms with van der Waals surface area (Å²) in [6, 6.07) is 25.3. The van der Waals surface area contributed by atoms with Crippen LogP contribution in [-0.4, -0.2) is 99.8 Å². The van der Waals surface area contributed by atoms with Crippen LogP contribution in [0.3, 0.4) is 0 Å². The molecule has 0 fully saturated rings. The molecular weight excluding hydrogens is 841 g/mol. The Morgan fingerprint density at radius 2 is 0.677 bits per heavy atom. The van der Waals surface area contributed by atoms with E-state index < -0.39 is 11.9 Å². The minimum Gasteiger partial charge on any atom is -0.492 e. The van der Waals surface area contributed by atoms with Crippen molar-refractivity contribution in [1.29, 1.82) is 10.8 Å². The maximum atomic E-state index is 12.4. The van der Waals surface area contributed by atoms with E-state index in [1.165, 1.54) is 0 Å². The third-order valence-corrected chi connectivity index (χ3v) is 9.07. The Hall–Kier alpha value is -7.80. The zero-order chi connectivity index (χ0) is 46.8. The molecule has 0 atom stereocenters. The largest absolute Gasteiger partial charge is 0.492 e. The Morgan fingerprint density at radius 1 is 0.400 bits per heavy atom. The van der Waals surface area contributed by atoms with E-state index in [9.17, 15) is 28.8 Å². The van der Waals surface area contributed by atoms with E-state index in [0.717, 1.165) is 0 Å². The molecular formula is C46H54N8O11. The fourth-order valence-corrected chi connectivity index (χ4v) is 5.63. The quantitative estimate of drug-likeness (QED) is 0.0134. The van der Waals surface area contributed by atoms with Crippen molar-refractivity contribution in [2.45, 2.75) is 38.5 Å². The first-order chi connectivity index (χ1) is 31.4. The van der Waals surface area contributed by atoms with Crippen molar-refractivity contribution in [2.75, 3.05) is 52.6 Å². The molecule has 0 saturated heterocycles. The molecule has 19 nitrogen and oxygen atoms in total. The van der Waals surface area contributed by atoms with Crippen LogP contribution in [0, 0.1) is 10.8 Å². The number of nitrogens with one attached hydrogen (secondary N) is 6. The number of hydrogen-bond acceptors (Lipinski definition) is 13. The van der Waals surface area contributed by atoms with E-state index in [-0.39, 0.29) is 114 Å². The molecule has 0 aromatic heterocycles. The van der Waals surface area contributed by atoms with Crippen LogP contribution < -0.4 is 51.7 Å². The van der Waals surface area contributed by atoms with E-state index in [0.29, 0.717) is 58.1 Å². The summed E-state index contributed by atoms with van der Waals surface area (Å²) in [4.78, 5) is 73.4. The predicted octanol–water partition coefficient (Wildman–Crippen LogP) is 2.97. The monoisotopic (exact) mass is 894 g/mol. The van der Waals surface area contributed by atoms with Crippen LogP contribution in [0.1, 0.15) is 70.4 Å². The van der Waals surface area contributed by atoms with Gasteiger partial charge < -0.3 is 56.4 Å². The minimum atomic E-state index is -0.556. The zero-order valence-electron chi connectivity index (χ0n) is 35.8. The number of carbonyl (C=O) groups is 6. The average molecular weight is 895 g/mol. The van der Waals surface area contributed by atoms with Crippen LogP contribution in [0.2, 0.25) is 0 Å². The van der Waals surface area contributed by atoms with Crippen molar-refractivity contribution < 1.29 is 52.5 Å². The first-order valence-corrected chi connectivity index (χ1v) is 20.8. The molecule has 10 N–H and O–H groups in total. The van der Waals surface area contributed by atoms with Crippen molar-refractivity contribution in [1.82, 2.24) is 21.3 Å². The molecule has 0 bridgehead atoms. The van der Waals surface area contributed by atoms with Gasteiger partial charge in [-0.05, 0) is 110 Å². The molecule has 0 heterocycles. The molecule has 0 unspecified atom stereocenters. The van der Waals surface area contributed by atoms with Crippen molar-refractivity contribution in [3.63, 3.8) is 0 Å². The normalized spacial score (nSPS) is 10.5. The standard InChI is InChI=1S/C46H54N8O11/c47-43(48)31-7-19-37(20-8-31)64-45(59)33-11-15-35(16-12-33)62-29-25-53-41(57)5-1-3-39(55)51-23-27-61-28-24-52-40(56)4-2-6-42(58)54-26-30-63-36-17-13-34(14-18-36)46(60)65-38-21-9-32(10-22-38)44(49)50/h7-22H,1-6,23-30H2,(H3,47,48)(H3,49,50)(H,51,55)(H,52,56)(H,53,57)(H,54,58). The lowest BCUT2D eigenvalue weighted by Gasteiger charge is -2.10. The van der Waals surface area contributed by atoms with Crippen LogP contribution in [0.4, 0.5) is 0 Å². The Bertz CT molecular complexity index is 2060. The molecule has 0 saturated carbocycles. The van der Waals surface area contributed by atoms with E-state index >= 15 is 0 Å². The second-order valence-corrected chi connectivity index (χ2v) is 14.1. The highest BCUT2D eigenvalue weighted by atomic mass is 16.5. The summed E-state index contributed by atoms with van der Waals surface area (Å²) in [7, 11) is 0. The number of hydrogen-bond donors (Lipinski definition) is 8. The molecule has 4 amide bonds. The lowest BCUT2D eigenvalue weighted by atomic mass is 10.2. The summed E-state index contributed by atoms with van der Waals surface area (Å²) >= 11 is 0. The van der Waals surface area contributed by atoms with Gasteiger partial charge >= 0.3 is 11.9 Å². The molecule has 19 heteroatoms. The Labute approximate surface area is 375 Å². The lowest BCUT2D eigenvalue weighted by molar-refractivity contribution is -0.124. The van der Waals surface area contributed by atoms with Crippen LogP contribution in [0.25, 0.3) is 0 Å². The molecule has 344 valence electrons. The van der Waals surface area contributed by atoms with Crippen LogP contribution >= 0.6 is 0 Å². The summed E-state index contributed by atoms with van der Waals surface area (Å²) in [5, 5.41) is 25.8. The van der Waals surface area contributed by atoms with E-state index in [1.807, 2.05) is 0 Å². The van der Waals surface area contributed by atoms with Gasteiger partial charge in [-0.2, -0.15) is 0 Å². The third kappa shape index (κ3) is 19.4. The Morgan fingerprint density at radius 3 is 0.985 bits per heavy atom. The highest BCUT2D eigenvalue weighted by Gasteiger charge is 2.12. The molecule has 4 aromatic rings. The van der Waals surface area contributed by atoms with Crippen molar-refractivity contribution in [3.8, 4) is 23.0 Å². The zero-order valence-corrected chi connectivity index (χ0v) is 35.8. The van der Waals surface area contributed by atoms with Gasteiger partial charge in [0.15, 0.2) is 0 Å². The molecule has 4 rings (SSSR count). The lowest BCUT2D eigenvalue weighted by Crippen LogP contribution is -2.31. The molecule has 65 heavy (non-hydrogen) atoms. The van der Waals surface area contributed by atoms with Gasteiger partial charge in [-0.3, -0.25) is 30.0 Å². The number of nitrogen functional groups attached to an aromatic ring is 2. The van der Waals surface area contributed by atoms with Crippen LogP contribution in [0.5, 0.6) is 23.0 Å². The fourth-order valence-electron chi connectivity index (χ4n) is 5.63. The van der Waals surface area contributed by atoms with Crippen molar-refractivity contribution in [3.05, 3.63) is 119 Å². The summed E-state index contributed by atoms with van der Waals surface area (Å²) in [6.07, 6.45) is 1.40. The molecule has 0 aliphatic rings. The number of esters is 2. The number of nitrogens with two attached hydrogens (primary N) is 2. The van der Waals surface area contributed by atoms with Gasteiger partial charge in [0.05, 0.1) is 37.4 Å². The number of carbonyl (C=O) groups excluding carboxylic acids is 6. The number of benzene rings is 4. The number of amidine groups is 2. The van der Waals surface area contributed by atoms with Gasteiger partial charge in [-0.15, -0.1) is 0 Å². The second kappa shape index (κ2) is 27.3. The highest BCUT2D eigenvalue weighted by Crippen LogP contribution is 2.18. The topological polar surface area (TPSA) is 296 Å². The SMILES string of the molecule is N=C(N)c1ccc(OC(=O)c2ccc(OCCNC(=O)CCCC(=O)NCCOCCNC(=O)CCCC(=O)NCCOc3ccc(C(=O)Oc4ccc(C(=N)N)cc4)cc3)cc2)cc1. The van der Waals surface area contributed by atoms with E-state index in [1.54, 1.807) is 97.1 Å². The maximum Gasteiger partial charge on any atom is 0.343 e. The smallest absolute Gasteiger partial charge is 0.343 e. The van der Waals surface area contributed by atoms with Crippen LogP contribution in [0.15, 0.2) is 97.1 Å². The fraction of sp³-hybridized carbons (Fsp3) is 0.304. The summed E-state index contributed by atoms with van der Waals surface area (Å²) in [6.45, 7) is 1.96. The molecule has 0 radical (unpaired) electrons. The van der Waals surface area contributed by atoms with Gasteiger partial charge in [-0.25, -0.2) is 9.59 Å². The first kappa shape index (κ1) is 49.9. The second-order valence-electron chi connectivity index (χ2n) is 14.1. The maximum absolute atomic E-state index is 12.4. The van der Waals surface area contributed by atoms with E-state index in [2.05, 4.69) is 21.3 Å². The highest BCUT2D eigenvalue weighted by molar-refractivity contribution is 5.96. The average Bonchev–Trinajstić information content (AvgIpc) is 3.29.